The first-order valence-corrected chi connectivity index (χ1v) is 10.5. The first kappa shape index (κ1) is 19.6. The maximum absolute atomic E-state index is 12.4. The second kappa shape index (κ2) is 9.19. The fourth-order valence-electron chi connectivity index (χ4n) is 2.88. The molecule has 1 amide bonds. The zero-order chi connectivity index (χ0) is 19.2. The smallest absolute Gasteiger partial charge is 0.233 e. The molecule has 1 atom stereocenters. The van der Waals surface area contributed by atoms with Gasteiger partial charge >= 0.3 is 0 Å². The van der Waals surface area contributed by atoms with Crippen LogP contribution in [0.1, 0.15) is 21.3 Å². The highest BCUT2D eigenvalue weighted by Crippen LogP contribution is 2.43. The molecule has 7 heteroatoms. The second-order valence-electron chi connectivity index (χ2n) is 5.86. The van der Waals surface area contributed by atoms with E-state index in [2.05, 4.69) is 0 Å². The summed E-state index contributed by atoms with van der Waals surface area (Å²) in [6.07, 6.45) is 0. The van der Waals surface area contributed by atoms with Crippen LogP contribution in [-0.2, 0) is 4.79 Å². The molecule has 3 rings (SSSR count). The molecule has 1 heterocycles. The van der Waals surface area contributed by atoms with E-state index >= 15 is 0 Å². The second-order valence-corrected chi connectivity index (χ2v) is 8.00. The van der Waals surface area contributed by atoms with Crippen molar-refractivity contribution in [1.82, 2.24) is 4.90 Å². The summed E-state index contributed by atoms with van der Waals surface area (Å²) in [5.41, 5.74) is 1.59. The molecular formula is C20H21NO4S2. The minimum atomic E-state index is -0.144. The Labute approximate surface area is 167 Å². The minimum Gasteiger partial charge on any atom is -0.497 e. The minimum absolute atomic E-state index is 0.0189. The zero-order valence-electron chi connectivity index (χ0n) is 15.2. The van der Waals surface area contributed by atoms with Crippen molar-refractivity contribution in [3.8, 4) is 11.5 Å². The predicted octanol–water partition coefficient (Wildman–Crippen LogP) is 3.85. The summed E-state index contributed by atoms with van der Waals surface area (Å²) in [6.45, 7) is 0.500. The molecule has 0 spiro atoms. The molecule has 0 aliphatic carbocycles. The highest BCUT2D eigenvalue weighted by Gasteiger charge is 2.34. The molecule has 0 radical (unpaired) electrons. The van der Waals surface area contributed by atoms with Gasteiger partial charge < -0.3 is 14.4 Å². The average Bonchev–Trinajstić information content (AvgIpc) is 3.08. The molecule has 1 saturated heterocycles. The Kier molecular flexibility index (Phi) is 6.68. The number of hydrogen-bond donors (Lipinski definition) is 0. The number of nitrogens with zero attached hydrogens (tertiary/aromatic N) is 1. The van der Waals surface area contributed by atoms with E-state index in [9.17, 15) is 9.59 Å². The van der Waals surface area contributed by atoms with Crippen molar-refractivity contribution < 1.29 is 19.1 Å². The van der Waals surface area contributed by atoms with Crippen LogP contribution in [0, 0.1) is 0 Å². The lowest BCUT2D eigenvalue weighted by Gasteiger charge is -2.25. The molecule has 1 fully saturated rings. The summed E-state index contributed by atoms with van der Waals surface area (Å²) >= 11 is 2.80. The molecule has 0 N–H and O–H groups in total. The van der Waals surface area contributed by atoms with E-state index in [1.54, 1.807) is 38.1 Å². The van der Waals surface area contributed by atoms with Gasteiger partial charge in [0, 0.05) is 23.4 Å². The van der Waals surface area contributed by atoms with Crippen molar-refractivity contribution in [1.29, 1.82) is 0 Å². The van der Waals surface area contributed by atoms with Gasteiger partial charge in [0.25, 0.3) is 0 Å². The van der Waals surface area contributed by atoms with Crippen molar-refractivity contribution in [3.63, 3.8) is 0 Å². The van der Waals surface area contributed by atoms with Crippen LogP contribution in [0.3, 0.4) is 0 Å². The molecule has 2 aromatic rings. The summed E-state index contributed by atoms with van der Waals surface area (Å²) in [4.78, 5) is 26.5. The number of amides is 1. The Balaban J connectivity index is 1.69. The fraction of sp³-hybridized carbons (Fsp3) is 0.300. The van der Waals surface area contributed by atoms with Gasteiger partial charge in [-0.05, 0) is 18.2 Å². The lowest BCUT2D eigenvalue weighted by molar-refractivity contribution is -0.127. The lowest BCUT2D eigenvalue weighted by atomic mass is 10.1. The summed E-state index contributed by atoms with van der Waals surface area (Å²) in [5.74, 6) is 2.48. The monoisotopic (exact) mass is 403 g/mol. The molecular weight excluding hydrogens is 382 g/mol. The van der Waals surface area contributed by atoms with Crippen LogP contribution >= 0.6 is 23.5 Å². The topological polar surface area (TPSA) is 55.8 Å². The van der Waals surface area contributed by atoms with Gasteiger partial charge in [0.1, 0.15) is 16.9 Å². The number of carbonyl (C=O) groups excluding carboxylic acids is 2. The van der Waals surface area contributed by atoms with Gasteiger partial charge in [0.15, 0.2) is 0 Å². The molecule has 0 aromatic heterocycles. The Morgan fingerprint density at radius 1 is 1.19 bits per heavy atom. The molecule has 1 unspecified atom stereocenters. The first-order valence-electron chi connectivity index (χ1n) is 8.49. The van der Waals surface area contributed by atoms with Gasteiger partial charge in [0.05, 0.1) is 20.0 Å². The summed E-state index contributed by atoms with van der Waals surface area (Å²) in [6, 6.07) is 14.8. The molecule has 5 nitrogen and oxygen atoms in total. The maximum atomic E-state index is 12.4. The number of ether oxygens (including phenoxy) is 2. The first-order chi connectivity index (χ1) is 13.1. The van der Waals surface area contributed by atoms with Gasteiger partial charge in [-0.3, -0.25) is 9.59 Å². The molecule has 1 aliphatic rings. The van der Waals surface area contributed by atoms with Crippen molar-refractivity contribution in [2.24, 2.45) is 0 Å². The van der Waals surface area contributed by atoms with Crippen LogP contribution in [0.15, 0.2) is 48.5 Å². The molecule has 0 bridgehead atoms. The Hall–Kier alpha value is -2.12. The van der Waals surface area contributed by atoms with Crippen LogP contribution in [0.2, 0.25) is 0 Å². The SMILES string of the molecule is COc1ccc(OC)c(C2SCC(=O)N2CCSC(=O)c2ccccc2)c1. The number of hydrogen-bond acceptors (Lipinski definition) is 6. The summed E-state index contributed by atoms with van der Waals surface area (Å²) in [5, 5.41) is -0.125. The highest BCUT2D eigenvalue weighted by molar-refractivity contribution is 8.14. The van der Waals surface area contributed by atoms with Gasteiger partial charge in [-0.25, -0.2) is 0 Å². The van der Waals surface area contributed by atoms with E-state index in [1.807, 2.05) is 41.3 Å². The highest BCUT2D eigenvalue weighted by atomic mass is 32.2. The van der Waals surface area contributed by atoms with Gasteiger partial charge in [-0.1, -0.05) is 42.1 Å². The van der Waals surface area contributed by atoms with E-state index in [0.717, 1.165) is 17.1 Å². The Bertz CT molecular complexity index is 813. The van der Waals surface area contributed by atoms with E-state index in [1.165, 1.54) is 11.8 Å². The summed E-state index contributed by atoms with van der Waals surface area (Å²) in [7, 11) is 3.23. The van der Waals surface area contributed by atoms with Gasteiger partial charge in [-0.15, -0.1) is 11.8 Å². The number of rotatable bonds is 7. The van der Waals surface area contributed by atoms with Crippen LogP contribution < -0.4 is 9.47 Å². The van der Waals surface area contributed by atoms with Crippen molar-refractivity contribution in [2.45, 2.75) is 5.37 Å². The van der Waals surface area contributed by atoms with E-state index in [0.29, 0.717) is 23.6 Å². The number of benzene rings is 2. The Morgan fingerprint density at radius 3 is 2.67 bits per heavy atom. The van der Waals surface area contributed by atoms with E-state index in [4.69, 9.17) is 9.47 Å². The van der Waals surface area contributed by atoms with E-state index < -0.39 is 0 Å². The van der Waals surface area contributed by atoms with Gasteiger partial charge in [0.2, 0.25) is 11.0 Å². The van der Waals surface area contributed by atoms with Gasteiger partial charge in [-0.2, -0.15) is 0 Å². The van der Waals surface area contributed by atoms with E-state index in [-0.39, 0.29) is 16.4 Å². The lowest BCUT2D eigenvalue weighted by Crippen LogP contribution is -2.30. The normalized spacial score (nSPS) is 16.4. The number of thioether (sulfide) groups is 2. The van der Waals surface area contributed by atoms with Crippen LogP contribution in [0.5, 0.6) is 11.5 Å². The quantitative estimate of drug-likeness (QED) is 0.700. The maximum Gasteiger partial charge on any atom is 0.233 e. The third-order valence-electron chi connectivity index (χ3n) is 4.25. The number of methoxy groups -OCH3 is 2. The largest absolute Gasteiger partial charge is 0.497 e. The molecule has 2 aromatic carbocycles. The molecule has 0 saturated carbocycles. The van der Waals surface area contributed by atoms with Crippen molar-refractivity contribution >= 4 is 34.5 Å². The van der Waals surface area contributed by atoms with Crippen molar-refractivity contribution in [3.05, 3.63) is 59.7 Å². The third-order valence-corrected chi connectivity index (χ3v) is 6.37. The molecule has 142 valence electrons. The average molecular weight is 404 g/mol. The Morgan fingerprint density at radius 2 is 1.96 bits per heavy atom. The van der Waals surface area contributed by atoms with Crippen LogP contribution in [-0.4, -0.2) is 48.2 Å². The van der Waals surface area contributed by atoms with Crippen LogP contribution in [0.4, 0.5) is 0 Å². The fourth-order valence-corrected chi connectivity index (χ4v) is 4.89. The predicted molar refractivity (Wildman–Crippen MR) is 110 cm³/mol. The standard InChI is InChI=1S/C20H21NO4S2/c1-24-15-8-9-17(25-2)16(12-15)19-21(18(22)13-27-19)10-11-26-20(23)14-6-4-3-5-7-14/h3-9,12,19H,10-11,13H2,1-2H3. The number of carbonyl (C=O) groups is 2. The molecule has 1 aliphatic heterocycles. The van der Waals surface area contributed by atoms with Crippen molar-refractivity contribution in [2.75, 3.05) is 32.3 Å². The zero-order valence-corrected chi connectivity index (χ0v) is 16.8. The third kappa shape index (κ3) is 4.59. The summed E-state index contributed by atoms with van der Waals surface area (Å²) < 4.78 is 10.8. The van der Waals surface area contributed by atoms with Crippen LogP contribution in [0.25, 0.3) is 0 Å². The molecule has 27 heavy (non-hydrogen) atoms.